The summed E-state index contributed by atoms with van der Waals surface area (Å²) in [4.78, 5) is 13.6. The molecule has 1 aliphatic rings. The number of amides is 1. The molecule has 1 aromatic rings. The van der Waals surface area contributed by atoms with E-state index in [1.807, 2.05) is 0 Å². The van der Waals surface area contributed by atoms with Crippen molar-refractivity contribution in [3.63, 3.8) is 0 Å². The Morgan fingerprint density at radius 2 is 2.53 bits per heavy atom. The van der Waals surface area contributed by atoms with E-state index in [2.05, 4.69) is 10.3 Å². The number of nitrogens with two attached hydrogens (primary N) is 1. The van der Waals surface area contributed by atoms with Crippen LogP contribution in [0.5, 0.6) is 0 Å². The standard InChI is InChI=1S/C10H14N4O3/c1-6-5-8(17-13-6)10(15)14-4-2-3-7(14)9(11)12-16/h5,7,16H,2-4H2,1H3,(H2,11,12). The summed E-state index contributed by atoms with van der Waals surface area (Å²) in [5, 5.41) is 15.3. The second-order valence-electron chi connectivity index (χ2n) is 4.01. The molecule has 1 atom stereocenters. The smallest absolute Gasteiger partial charge is 0.293 e. The number of hydrogen-bond acceptors (Lipinski definition) is 5. The highest BCUT2D eigenvalue weighted by Gasteiger charge is 2.33. The molecule has 1 unspecified atom stereocenters. The average molecular weight is 238 g/mol. The molecule has 0 spiro atoms. The minimum absolute atomic E-state index is 0.0482. The highest BCUT2D eigenvalue weighted by molar-refractivity contribution is 5.96. The number of rotatable bonds is 2. The third-order valence-corrected chi connectivity index (χ3v) is 2.81. The molecule has 0 aromatic carbocycles. The lowest BCUT2D eigenvalue weighted by atomic mass is 10.2. The zero-order valence-corrected chi connectivity index (χ0v) is 9.46. The topological polar surface area (TPSA) is 105 Å². The lowest BCUT2D eigenvalue weighted by Gasteiger charge is -2.21. The molecule has 1 aromatic heterocycles. The van der Waals surface area contributed by atoms with Crippen LogP contribution in [-0.4, -0.2) is 39.6 Å². The van der Waals surface area contributed by atoms with Crippen LogP contribution in [0.25, 0.3) is 0 Å². The zero-order valence-electron chi connectivity index (χ0n) is 9.46. The van der Waals surface area contributed by atoms with Gasteiger partial charge in [0, 0.05) is 12.6 Å². The Kier molecular flexibility index (Phi) is 2.99. The normalized spacial score (nSPS) is 20.9. The Bertz CT molecular complexity index is 454. The fourth-order valence-electron chi connectivity index (χ4n) is 1.99. The number of oxime groups is 1. The number of nitrogens with zero attached hydrogens (tertiary/aromatic N) is 3. The van der Waals surface area contributed by atoms with Gasteiger partial charge in [-0.25, -0.2) is 0 Å². The number of likely N-dealkylation sites (tertiary alicyclic amines) is 1. The minimum atomic E-state index is -0.363. The largest absolute Gasteiger partial charge is 0.409 e. The molecule has 7 heteroatoms. The molecule has 17 heavy (non-hydrogen) atoms. The zero-order chi connectivity index (χ0) is 12.4. The van der Waals surface area contributed by atoms with Gasteiger partial charge in [0.1, 0.15) is 0 Å². The van der Waals surface area contributed by atoms with Gasteiger partial charge in [-0.2, -0.15) is 0 Å². The predicted octanol–water partition coefficient (Wildman–Crippen LogP) is 0.334. The van der Waals surface area contributed by atoms with Crippen molar-refractivity contribution in [2.75, 3.05) is 6.54 Å². The van der Waals surface area contributed by atoms with Crippen LogP contribution in [-0.2, 0) is 0 Å². The lowest BCUT2D eigenvalue weighted by Crippen LogP contribution is -2.43. The fourth-order valence-corrected chi connectivity index (χ4v) is 1.99. The summed E-state index contributed by atoms with van der Waals surface area (Å²) in [6.07, 6.45) is 1.51. The van der Waals surface area contributed by atoms with E-state index in [4.69, 9.17) is 15.5 Å². The molecule has 2 rings (SSSR count). The fraction of sp³-hybridized carbons (Fsp3) is 0.500. The van der Waals surface area contributed by atoms with Crippen molar-refractivity contribution in [2.45, 2.75) is 25.8 Å². The molecular formula is C10H14N4O3. The van der Waals surface area contributed by atoms with Crippen molar-refractivity contribution < 1.29 is 14.5 Å². The molecule has 0 radical (unpaired) electrons. The van der Waals surface area contributed by atoms with E-state index in [0.29, 0.717) is 18.7 Å². The van der Waals surface area contributed by atoms with Gasteiger partial charge in [-0.3, -0.25) is 4.79 Å². The Balaban J connectivity index is 2.19. The van der Waals surface area contributed by atoms with Crippen LogP contribution in [0.4, 0.5) is 0 Å². The van der Waals surface area contributed by atoms with Gasteiger partial charge in [0.05, 0.1) is 11.7 Å². The molecule has 1 aliphatic heterocycles. The second kappa shape index (κ2) is 4.44. The van der Waals surface area contributed by atoms with Gasteiger partial charge in [-0.1, -0.05) is 10.3 Å². The molecule has 0 aliphatic carbocycles. The van der Waals surface area contributed by atoms with Crippen LogP contribution < -0.4 is 5.73 Å². The number of hydrogen-bond donors (Lipinski definition) is 2. The number of aryl methyl sites for hydroxylation is 1. The maximum absolute atomic E-state index is 12.1. The van der Waals surface area contributed by atoms with E-state index in [-0.39, 0.29) is 23.5 Å². The number of amidine groups is 1. The van der Waals surface area contributed by atoms with E-state index in [1.165, 1.54) is 4.90 Å². The van der Waals surface area contributed by atoms with E-state index < -0.39 is 0 Å². The first-order chi connectivity index (χ1) is 8.13. The average Bonchev–Trinajstić information content (AvgIpc) is 2.95. The third kappa shape index (κ3) is 2.08. The lowest BCUT2D eigenvalue weighted by molar-refractivity contribution is 0.0726. The molecule has 1 fully saturated rings. The summed E-state index contributed by atoms with van der Waals surface area (Å²) < 4.78 is 4.92. The van der Waals surface area contributed by atoms with Crippen molar-refractivity contribution in [1.29, 1.82) is 0 Å². The predicted molar refractivity (Wildman–Crippen MR) is 58.7 cm³/mol. The molecule has 1 saturated heterocycles. The van der Waals surface area contributed by atoms with Gasteiger partial charge < -0.3 is 20.4 Å². The Hall–Kier alpha value is -2.05. The van der Waals surface area contributed by atoms with Crippen molar-refractivity contribution in [3.05, 3.63) is 17.5 Å². The van der Waals surface area contributed by atoms with Crippen LogP contribution in [0.15, 0.2) is 15.7 Å². The van der Waals surface area contributed by atoms with Gasteiger partial charge in [0.25, 0.3) is 5.91 Å². The van der Waals surface area contributed by atoms with Crippen LogP contribution in [0.2, 0.25) is 0 Å². The first-order valence-electron chi connectivity index (χ1n) is 5.35. The molecule has 1 amide bonds. The van der Waals surface area contributed by atoms with E-state index in [1.54, 1.807) is 13.0 Å². The summed E-state index contributed by atoms with van der Waals surface area (Å²) in [6, 6.07) is 1.21. The van der Waals surface area contributed by atoms with Crippen LogP contribution in [0.3, 0.4) is 0 Å². The summed E-state index contributed by atoms with van der Waals surface area (Å²) in [5.74, 6) is -0.0491. The van der Waals surface area contributed by atoms with E-state index in [9.17, 15) is 4.79 Å². The van der Waals surface area contributed by atoms with E-state index >= 15 is 0 Å². The SMILES string of the molecule is Cc1cc(C(=O)N2CCCC2C(N)=NO)on1. The monoisotopic (exact) mass is 238 g/mol. The minimum Gasteiger partial charge on any atom is -0.409 e. The van der Waals surface area contributed by atoms with Crippen LogP contribution >= 0.6 is 0 Å². The maximum Gasteiger partial charge on any atom is 0.293 e. The molecule has 7 nitrogen and oxygen atoms in total. The number of carbonyl (C=O) groups is 1. The van der Waals surface area contributed by atoms with Crippen molar-refractivity contribution in [3.8, 4) is 0 Å². The van der Waals surface area contributed by atoms with Gasteiger partial charge in [-0.05, 0) is 19.8 Å². The maximum atomic E-state index is 12.1. The third-order valence-electron chi connectivity index (χ3n) is 2.81. The van der Waals surface area contributed by atoms with E-state index in [0.717, 1.165) is 6.42 Å². The molecule has 92 valence electrons. The first-order valence-corrected chi connectivity index (χ1v) is 5.35. The highest BCUT2D eigenvalue weighted by Crippen LogP contribution is 2.20. The molecule has 2 heterocycles. The summed E-state index contributed by atoms with van der Waals surface area (Å²) in [5.41, 5.74) is 6.20. The van der Waals surface area contributed by atoms with Gasteiger partial charge in [0.2, 0.25) is 5.76 Å². The Morgan fingerprint density at radius 1 is 1.76 bits per heavy atom. The second-order valence-corrected chi connectivity index (χ2v) is 4.01. The van der Waals surface area contributed by atoms with Crippen molar-refractivity contribution in [1.82, 2.24) is 10.1 Å². The highest BCUT2D eigenvalue weighted by atomic mass is 16.5. The number of aromatic nitrogens is 1. The quantitative estimate of drug-likeness (QED) is 0.334. The van der Waals surface area contributed by atoms with Crippen LogP contribution in [0.1, 0.15) is 29.1 Å². The van der Waals surface area contributed by atoms with Crippen molar-refractivity contribution in [2.24, 2.45) is 10.9 Å². The summed E-state index contributed by atoms with van der Waals surface area (Å²) >= 11 is 0. The molecule has 0 bridgehead atoms. The summed E-state index contributed by atoms with van der Waals surface area (Å²) in [7, 11) is 0. The number of carbonyl (C=O) groups excluding carboxylic acids is 1. The Morgan fingerprint density at radius 3 is 3.12 bits per heavy atom. The Labute approximate surface area is 97.9 Å². The van der Waals surface area contributed by atoms with Crippen molar-refractivity contribution >= 4 is 11.7 Å². The van der Waals surface area contributed by atoms with Gasteiger partial charge in [0.15, 0.2) is 5.84 Å². The molecular weight excluding hydrogens is 224 g/mol. The molecule has 0 saturated carbocycles. The first kappa shape index (κ1) is 11.4. The van der Waals surface area contributed by atoms with Crippen LogP contribution in [0, 0.1) is 6.92 Å². The molecule has 3 N–H and O–H groups in total. The summed E-state index contributed by atoms with van der Waals surface area (Å²) in [6.45, 7) is 2.31. The van der Waals surface area contributed by atoms with Gasteiger partial charge >= 0.3 is 0 Å². The van der Waals surface area contributed by atoms with Gasteiger partial charge in [-0.15, -0.1) is 0 Å².